The number of nitrogens with one attached hydrogen (secondary N) is 3. The molecule has 0 atom stereocenters. The molecule has 0 radical (unpaired) electrons. The minimum atomic E-state index is -0.469. The Morgan fingerprint density at radius 3 is 2.30 bits per heavy atom. The maximum Gasteiger partial charge on any atom is 0.407 e. The number of hydrogen-bond acceptors (Lipinski definition) is 4. The van der Waals surface area contributed by atoms with E-state index in [1.165, 1.54) is 5.56 Å². The third kappa shape index (κ3) is 8.13. The summed E-state index contributed by atoms with van der Waals surface area (Å²) in [6.45, 7) is 11.0. The summed E-state index contributed by atoms with van der Waals surface area (Å²) in [6, 6.07) is 6.74. The van der Waals surface area contributed by atoms with Gasteiger partial charge in [-0.1, -0.05) is 12.1 Å². The fraction of sp³-hybridized carbons (Fsp3) is 0.652. The zero-order chi connectivity index (χ0) is 22.1. The number of aryl methyl sites for hydroxylation is 1. The van der Waals surface area contributed by atoms with Gasteiger partial charge in [-0.15, -0.1) is 0 Å². The van der Waals surface area contributed by atoms with Gasteiger partial charge < -0.3 is 25.4 Å². The molecule has 0 aromatic heterocycles. The summed E-state index contributed by atoms with van der Waals surface area (Å²) in [7, 11) is 1.79. The van der Waals surface area contributed by atoms with Gasteiger partial charge in [0.25, 0.3) is 0 Å². The van der Waals surface area contributed by atoms with Crippen molar-refractivity contribution in [2.75, 3.05) is 13.7 Å². The highest BCUT2D eigenvalue weighted by Crippen LogP contribution is 2.20. The molecule has 2 rings (SSSR count). The molecule has 0 bridgehead atoms. The predicted octanol–water partition coefficient (Wildman–Crippen LogP) is 3.89. The second-order valence-corrected chi connectivity index (χ2v) is 8.80. The van der Waals surface area contributed by atoms with Gasteiger partial charge >= 0.3 is 6.09 Å². The minimum Gasteiger partial charge on any atom is -0.494 e. The molecule has 0 heterocycles. The lowest BCUT2D eigenvalue weighted by Crippen LogP contribution is -2.47. The highest BCUT2D eigenvalue weighted by Gasteiger charge is 2.25. The van der Waals surface area contributed by atoms with E-state index in [9.17, 15) is 4.79 Å². The Kier molecular flexibility index (Phi) is 8.81. The molecule has 1 amide bonds. The molecule has 7 heteroatoms. The summed E-state index contributed by atoms with van der Waals surface area (Å²) in [5.74, 6) is 1.73. The quantitative estimate of drug-likeness (QED) is 0.482. The predicted molar refractivity (Wildman–Crippen MR) is 121 cm³/mol. The largest absolute Gasteiger partial charge is 0.494 e. The normalized spacial score (nSPS) is 19.7. The van der Waals surface area contributed by atoms with Crippen molar-refractivity contribution in [3.8, 4) is 5.75 Å². The molecule has 1 aromatic rings. The third-order valence-electron chi connectivity index (χ3n) is 5.01. The maximum absolute atomic E-state index is 11.9. The van der Waals surface area contributed by atoms with Crippen LogP contribution in [0.3, 0.4) is 0 Å². The summed E-state index contributed by atoms with van der Waals surface area (Å²) in [4.78, 5) is 16.3. The highest BCUT2D eigenvalue weighted by molar-refractivity contribution is 5.80. The lowest BCUT2D eigenvalue weighted by atomic mass is 9.91. The number of benzene rings is 1. The van der Waals surface area contributed by atoms with Crippen molar-refractivity contribution in [3.63, 3.8) is 0 Å². The lowest BCUT2D eigenvalue weighted by molar-refractivity contribution is 0.0490. The molecule has 1 aliphatic rings. The summed E-state index contributed by atoms with van der Waals surface area (Å²) in [6.07, 6.45) is 3.46. The van der Waals surface area contributed by atoms with Gasteiger partial charge in [-0.25, -0.2) is 4.79 Å². The number of aliphatic imine (C=N–C) groups is 1. The van der Waals surface area contributed by atoms with Crippen molar-refractivity contribution in [1.82, 2.24) is 16.0 Å². The van der Waals surface area contributed by atoms with Gasteiger partial charge in [0.1, 0.15) is 11.4 Å². The smallest absolute Gasteiger partial charge is 0.407 e. The van der Waals surface area contributed by atoms with Crippen LogP contribution >= 0.6 is 0 Å². The fourth-order valence-electron chi connectivity index (χ4n) is 3.57. The van der Waals surface area contributed by atoms with Gasteiger partial charge in [0, 0.05) is 25.7 Å². The van der Waals surface area contributed by atoms with Gasteiger partial charge in [-0.3, -0.25) is 4.99 Å². The summed E-state index contributed by atoms with van der Waals surface area (Å²) in [5, 5.41) is 9.88. The molecule has 0 spiro atoms. The molecule has 1 saturated carbocycles. The summed E-state index contributed by atoms with van der Waals surface area (Å²) >= 11 is 0. The van der Waals surface area contributed by atoms with E-state index in [1.807, 2.05) is 33.8 Å². The first-order valence-electron chi connectivity index (χ1n) is 10.9. The molecule has 3 N–H and O–H groups in total. The van der Waals surface area contributed by atoms with Gasteiger partial charge in [0.15, 0.2) is 5.96 Å². The molecule has 0 aliphatic heterocycles. The van der Waals surface area contributed by atoms with Crippen LogP contribution < -0.4 is 20.7 Å². The van der Waals surface area contributed by atoms with Crippen LogP contribution in [-0.4, -0.2) is 43.4 Å². The number of nitrogens with zero attached hydrogens (tertiary/aromatic N) is 1. The van der Waals surface area contributed by atoms with Crippen LogP contribution in [0.1, 0.15) is 64.5 Å². The van der Waals surface area contributed by atoms with E-state index in [4.69, 9.17) is 9.47 Å². The van der Waals surface area contributed by atoms with Crippen LogP contribution in [0.4, 0.5) is 4.79 Å². The molecule has 1 aliphatic carbocycles. The van der Waals surface area contributed by atoms with Crippen molar-refractivity contribution in [2.45, 2.75) is 84.5 Å². The van der Waals surface area contributed by atoms with Gasteiger partial charge in [-0.2, -0.15) is 0 Å². The number of alkyl carbamates (subject to hydrolysis) is 1. The Balaban J connectivity index is 1.75. The number of carbonyl (C=O) groups excluding carboxylic acids is 1. The number of carbonyl (C=O) groups is 1. The van der Waals surface area contributed by atoms with Crippen LogP contribution in [0.2, 0.25) is 0 Å². The van der Waals surface area contributed by atoms with Crippen LogP contribution in [0.15, 0.2) is 23.2 Å². The Morgan fingerprint density at radius 1 is 1.13 bits per heavy atom. The Labute approximate surface area is 181 Å². The first-order valence-corrected chi connectivity index (χ1v) is 10.9. The van der Waals surface area contributed by atoms with Crippen molar-refractivity contribution in [1.29, 1.82) is 0 Å². The van der Waals surface area contributed by atoms with E-state index in [-0.39, 0.29) is 12.1 Å². The average Bonchev–Trinajstić information content (AvgIpc) is 2.67. The van der Waals surface area contributed by atoms with Crippen molar-refractivity contribution in [2.24, 2.45) is 4.99 Å². The number of amides is 1. The van der Waals surface area contributed by atoms with E-state index in [1.54, 1.807) is 7.05 Å². The average molecular weight is 419 g/mol. The molecule has 0 unspecified atom stereocenters. The SMILES string of the molecule is CCOc1ccc(CNC(=NC)NC2CCC(NC(=O)OC(C)(C)C)CC2)cc1C. The maximum atomic E-state index is 11.9. The van der Waals surface area contributed by atoms with E-state index in [2.05, 4.69) is 40.0 Å². The zero-order valence-corrected chi connectivity index (χ0v) is 19.3. The van der Waals surface area contributed by atoms with Crippen molar-refractivity contribution >= 4 is 12.1 Å². The molecular formula is C23H38N4O3. The third-order valence-corrected chi connectivity index (χ3v) is 5.01. The zero-order valence-electron chi connectivity index (χ0n) is 19.3. The molecule has 30 heavy (non-hydrogen) atoms. The Morgan fingerprint density at radius 2 is 1.77 bits per heavy atom. The van der Waals surface area contributed by atoms with E-state index in [0.29, 0.717) is 19.2 Å². The standard InChI is InChI=1S/C23H38N4O3/c1-7-29-20-13-8-17(14-16(20)2)15-25-21(24-6)26-18-9-11-19(12-10-18)27-22(28)30-23(3,4)5/h8,13-14,18-19H,7,9-12,15H2,1-6H3,(H,27,28)(H2,24,25,26). The molecule has 1 fully saturated rings. The molecular weight excluding hydrogens is 380 g/mol. The summed E-state index contributed by atoms with van der Waals surface area (Å²) < 4.78 is 11.0. The number of rotatable bonds is 6. The van der Waals surface area contributed by atoms with E-state index >= 15 is 0 Å². The van der Waals surface area contributed by atoms with Crippen LogP contribution in [-0.2, 0) is 11.3 Å². The number of hydrogen-bond donors (Lipinski definition) is 3. The van der Waals surface area contributed by atoms with E-state index in [0.717, 1.165) is 43.0 Å². The van der Waals surface area contributed by atoms with Crippen molar-refractivity contribution < 1.29 is 14.3 Å². The fourth-order valence-corrected chi connectivity index (χ4v) is 3.57. The van der Waals surface area contributed by atoms with Crippen LogP contribution in [0.5, 0.6) is 5.75 Å². The minimum absolute atomic E-state index is 0.166. The first kappa shape index (κ1) is 23.8. The number of ether oxygens (including phenoxy) is 2. The first-order chi connectivity index (χ1) is 14.2. The second-order valence-electron chi connectivity index (χ2n) is 8.80. The molecule has 0 saturated heterocycles. The van der Waals surface area contributed by atoms with Gasteiger partial charge in [0.2, 0.25) is 0 Å². The van der Waals surface area contributed by atoms with Crippen LogP contribution in [0.25, 0.3) is 0 Å². The molecule has 168 valence electrons. The number of guanidine groups is 1. The molecule has 7 nitrogen and oxygen atoms in total. The topological polar surface area (TPSA) is 84.0 Å². The van der Waals surface area contributed by atoms with Gasteiger partial charge in [0.05, 0.1) is 6.61 Å². The monoisotopic (exact) mass is 418 g/mol. The van der Waals surface area contributed by atoms with Gasteiger partial charge in [-0.05, 0) is 77.5 Å². The lowest BCUT2D eigenvalue weighted by Gasteiger charge is -2.31. The second kappa shape index (κ2) is 11.1. The molecule has 1 aromatic carbocycles. The van der Waals surface area contributed by atoms with E-state index < -0.39 is 5.60 Å². The highest BCUT2D eigenvalue weighted by atomic mass is 16.6. The van der Waals surface area contributed by atoms with Crippen molar-refractivity contribution in [3.05, 3.63) is 29.3 Å². The Hall–Kier alpha value is -2.44. The summed E-state index contributed by atoms with van der Waals surface area (Å²) in [5.41, 5.74) is 1.85. The Bertz CT molecular complexity index is 720. The van der Waals surface area contributed by atoms with Crippen LogP contribution in [0, 0.1) is 6.92 Å².